The first kappa shape index (κ1) is 12.9. The molecule has 3 rings (SSSR count). The fourth-order valence-electron chi connectivity index (χ4n) is 3.54. The van der Waals surface area contributed by atoms with Crippen LogP contribution in [-0.4, -0.2) is 28.8 Å². The van der Waals surface area contributed by atoms with Gasteiger partial charge in [-0.15, -0.1) is 0 Å². The fraction of sp³-hybridized carbons (Fsp3) is 0.667. The van der Waals surface area contributed by atoms with Gasteiger partial charge in [-0.25, -0.2) is 4.98 Å². The highest BCUT2D eigenvalue weighted by atomic mass is 16.3. The lowest BCUT2D eigenvalue weighted by Crippen LogP contribution is -2.53. The Morgan fingerprint density at radius 1 is 1.42 bits per heavy atom. The third-order valence-electron chi connectivity index (χ3n) is 4.80. The van der Waals surface area contributed by atoms with Crippen molar-refractivity contribution in [3.63, 3.8) is 0 Å². The summed E-state index contributed by atoms with van der Waals surface area (Å²) in [5.41, 5.74) is 6.39. The molecule has 2 aliphatic rings. The summed E-state index contributed by atoms with van der Waals surface area (Å²) in [5.74, 6) is 1.41. The highest BCUT2D eigenvalue weighted by Gasteiger charge is 2.42. The van der Waals surface area contributed by atoms with Gasteiger partial charge in [-0.05, 0) is 37.0 Å². The van der Waals surface area contributed by atoms with Gasteiger partial charge in [-0.3, -0.25) is 0 Å². The first-order valence-corrected chi connectivity index (χ1v) is 7.33. The predicted octanol–water partition coefficient (Wildman–Crippen LogP) is 1.67. The zero-order chi connectivity index (χ0) is 13.3. The van der Waals surface area contributed by atoms with Crippen LogP contribution in [0.15, 0.2) is 18.3 Å². The van der Waals surface area contributed by atoms with Crippen molar-refractivity contribution in [3.8, 4) is 0 Å². The van der Waals surface area contributed by atoms with Gasteiger partial charge in [0.2, 0.25) is 0 Å². The zero-order valence-corrected chi connectivity index (χ0v) is 11.4. The molecule has 1 aromatic rings. The lowest BCUT2D eigenvalue weighted by atomic mass is 9.71. The fourth-order valence-corrected chi connectivity index (χ4v) is 3.54. The van der Waals surface area contributed by atoms with E-state index in [4.69, 9.17) is 5.73 Å². The van der Waals surface area contributed by atoms with Gasteiger partial charge in [0.1, 0.15) is 5.82 Å². The Bertz CT molecular complexity index is 451. The molecule has 2 heterocycles. The summed E-state index contributed by atoms with van der Waals surface area (Å²) in [6, 6.07) is 4.04. The van der Waals surface area contributed by atoms with Gasteiger partial charge in [0, 0.05) is 31.7 Å². The van der Waals surface area contributed by atoms with Crippen LogP contribution in [0.2, 0.25) is 0 Å². The molecule has 2 unspecified atom stereocenters. The summed E-state index contributed by atoms with van der Waals surface area (Å²) in [5, 5.41) is 10.7. The lowest BCUT2D eigenvalue weighted by Gasteiger charge is -2.47. The first-order chi connectivity index (χ1) is 9.21. The molecule has 104 valence electrons. The van der Waals surface area contributed by atoms with Gasteiger partial charge in [0.25, 0.3) is 0 Å². The molecule has 4 nitrogen and oxygen atoms in total. The van der Waals surface area contributed by atoms with E-state index in [0.717, 1.165) is 43.7 Å². The molecular formula is C15H23N3O. The largest absolute Gasteiger partial charge is 0.389 e. The molecule has 0 bridgehead atoms. The average Bonchev–Trinajstić information content (AvgIpc) is 2.46. The number of anilines is 1. The summed E-state index contributed by atoms with van der Waals surface area (Å²) < 4.78 is 0. The van der Waals surface area contributed by atoms with E-state index in [9.17, 15) is 5.11 Å². The Labute approximate surface area is 114 Å². The second kappa shape index (κ2) is 5.10. The molecule has 0 aromatic carbocycles. The molecular weight excluding hydrogens is 238 g/mol. The van der Waals surface area contributed by atoms with Crippen molar-refractivity contribution in [2.45, 2.75) is 44.2 Å². The van der Waals surface area contributed by atoms with Crippen molar-refractivity contribution >= 4 is 5.82 Å². The topological polar surface area (TPSA) is 62.4 Å². The van der Waals surface area contributed by atoms with E-state index in [-0.39, 0.29) is 0 Å². The van der Waals surface area contributed by atoms with Gasteiger partial charge < -0.3 is 15.7 Å². The van der Waals surface area contributed by atoms with Gasteiger partial charge in [-0.2, -0.15) is 0 Å². The molecule has 2 atom stereocenters. The van der Waals surface area contributed by atoms with Crippen LogP contribution in [0.3, 0.4) is 0 Å². The van der Waals surface area contributed by atoms with Crippen LogP contribution < -0.4 is 10.6 Å². The second-order valence-electron chi connectivity index (χ2n) is 5.97. The number of aliphatic hydroxyl groups is 1. The molecule has 1 saturated heterocycles. The lowest BCUT2D eigenvalue weighted by molar-refractivity contribution is -0.0613. The van der Waals surface area contributed by atoms with Gasteiger partial charge in [0.15, 0.2) is 0 Å². The monoisotopic (exact) mass is 261 g/mol. The van der Waals surface area contributed by atoms with Crippen molar-refractivity contribution in [1.29, 1.82) is 0 Å². The highest BCUT2D eigenvalue weighted by Crippen LogP contribution is 2.40. The van der Waals surface area contributed by atoms with E-state index in [1.807, 2.05) is 12.3 Å². The minimum atomic E-state index is -0.416. The highest BCUT2D eigenvalue weighted by molar-refractivity contribution is 5.42. The van der Waals surface area contributed by atoms with E-state index >= 15 is 0 Å². The third-order valence-corrected chi connectivity index (χ3v) is 4.80. The molecule has 4 heteroatoms. The van der Waals surface area contributed by atoms with E-state index in [1.165, 1.54) is 12.8 Å². The van der Waals surface area contributed by atoms with E-state index in [2.05, 4.69) is 16.0 Å². The molecule has 0 amide bonds. The minimum absolute atomic E-state index is 0.401. The van der Waals surface area contributed by atoms with Crippen LogP contribution in [0.4, 0.5) is 5.82 Å². The number of nitrogens with zero attached hydrogens (tertiary/aromatic N) is 2. The van der Waals surface area contributed by atoms with Crippen molar-refractivity contribution in [2.24, 2.45) is 11.7 Å². The number of pyridine rings is 1. The Morgan fingerprint density at radius 2 is 2.32 bits per heavy atom. The second-order valence-corrected chi connectivity index (χ2v) is 5.97. The number of fused-ring (bicyclic) bond motifs is 1. The molecule has 1 aliphatic carbocycles. The van der Waals surface area contributed by atoms with E-state index in [1.54, 1.807) is 0 Å². The van der Waals surface area contributed by atoms with Gasteiger partial charge >= 0.3 is 0 Å². The van der Waals surface area contributed by atoms with Crippen LogP contribution in [0.25, 0.3) is 0 Å². The number of aromatic nitrogens is 1. The Kier molecular flexibility index (Phi) is 3.46. The zero-order valence-electron chi connectivity index (χ0n) is 11.4. The van der Waals surface area contributed by atoms with Crippen molar-refractivity contribution in [1.82, 2.24) is 4.98 Å². The Morgan fingerprint density at radius 3 is 3.16 bits per heavy atom. The van der Waals surface area contributed by atoms with Crippen molar-refractivity contribution < 1.29 is 5.11 Å². The van der Waals surface area contributed by atoms with Crippen molar-refractivity contribution in [2.75, 3.05) is 18.0 Å². The van der Waals surface area contributed by atoms with Gasteiger partial charge in [0.05, 0.1) is 5.60 Å². The van der Waals surface area contributed by atoms with Crippen LogP contribution >= 0.6 is 0 Å². The SMILES string of the molecule is NCc1ccnc(N2CCC3(O)CCCCC3C2)c1. The molecule has 0 radical (unpaired) electrons. The maximum absolute atomic E-state index is 10.7. The summed E-state index contributed by atoms with van der Waals surface area (Å²) >= 11 is 0. The number of nitrogens with two attached hydrogens (primary N) is 1. The molecule has 0 spiro atoms. The van der Waals surface area contributed by atoms with Crippen LogP contribution in [0.5, 0.6) is 0 Å². The number of piperidine rings is 1. The standard InChI is InChI=1S/C15H23N3O/c16-10-12-4-7-17-14(9-12)18-8-6-15(19)5-2-1-3-13(15)11-18/h4,7,9,13,19H,1-3,5-6,8,10-11,16H2. The van der Waals surface area contributed by atoms with Gasteiger partial charge in [-0.1, -0.05) is 12.8 Å². The molecule has 19 heavy (non-hydrogen) atoms. The van der Waals surface area contributed by atoms with E-state index < -0.39 is 5.60 Å². The molecule has 3 N–H and O–H groups in total. The van der Waals surface area contributed by atoms with E-state index in [0.29, 0.717) is 12.5 Å². The molecule has 2 fully saturated rings. The average molecular weight is 261 g/mol. The summed E-state index contributed by atoms with van der Waals surface area (Å²) in [7, 11) is 0. The van der Waals surface area contributed by atoms with Crippen LogP contribution in [0, 0.1) is 5.92 Å². The summed E-state index contributed by atoms with van der Waals surface area (Å²) in [4.78, 5) is 6.77. The smallest absolute Gasteiger partial charge is 0.128 e. The predicted molar refractivity (Wildman–Crippen MR) is 75.9 cm³/mol. The Hall–Kier alpha value is -1.13. The molecule has 1 aliphatic heterocycles. The number of hydrogen-bond donors (Lipinski definition) is 2. The summed E-state index contributed by atoms with van der Waals surface area (Å²) in [6.07, 6.45) is 7.24. The number of rotatable bonds is 2. The summed E-state index contributed by atoms with van der Waals surface area (Å²) in [6.45, 7) is 2.38. The Balaban J connectivity index is 1.76. The van der Waals surface area contributed by atoms with Crippen molar-refractivity contribution in [3.05, 3.63) is 23.9 Å². The molecule has 1 saturated carbocycles. The maximum Gasteiger partial charge on any atom is 0.128 e. The minimum Gasteiger partial charge on any atom is -0.389 e. The van der Waals surface area contributed by atoms with Crippen LogP contribution in [-0.2, 0) is 6.54 Å². The first-order valence-electron chi connectivity index (χ1n) is 7.33. The third kappa shape index (κ3) is 2.47. The number of hydrogen-bond acceptors (Lipinski definition) is 4. The van der Waals surface area contributed by atoms with Crippen LogP contribution in [0.1, 0.15) is 37.7 Å². The molecule has 1 aromatic heterocycles. The maximum atomic E-state index is 10.7. The normalized spacial score (nSPS) is 31.1. The quantitative estimate of drug-likeness (QED) is 0.850.